The second kappa shape index (κ2) is 6.95. The highest BCUT2D eigenvalue weighted by Crippen LogP contribution is 2.25. The van der Waals surface area contributed by atoms with Gasteiger partial charge in [-0.2, -0.15) is 0 Å². The molecule has 0 radical (unpaired) electrons. The van der Waals surface area contributed by atoms with E-state index in [1.807, 2.05) is 25.1 Å². The van der Waals surface area contributed by atoms with Crippen LogP contribution in [0, 0.1) is 12.7 Å². The van der Waals surface area contributed by atoms with Gasteiger partial charge in [-0.15, -0.1) is 0 Å². The van der Waals surface area contributed by atoms with Crippen LogP contribution in [0.4, 0.5) is 4.39 Å². The molecule has 106 valence electrons. The van der Waals surface area contributed by atoms with Crippen LogP contribution in [0.1, 0.15) is 36.2 Å². The molecule has 2 aromatic rings. The lowest BCUT2D eigenvalue weighted by molar-refractivity contribution is 0.539. The summed E-state index contributed by atoms with van der Waals surface area (Å²) < 4.78 is 15.1. The molecule has 1 heterocycles. The molecule has 1 aromatic heterocycles. The van der Waals surface area contributed by atoms with Gasteiger partial charge in [0.2, 0.25) is 0 Å². The maximum atomic E-state index is 14.1. The fourth-order valence-electron chi connectivity index (χ4n) is 2.10. The molecule has 20 heavy (non-hydrogen) atoms. The van der Waals surface area contributed by atoms with Crippen LogP contribution in [-0.2, 0) is 0 Å². The summed E-state index contributed by atoms with van der Waals surface area (Å²) >= 11 is 3.37. The number of aryl methyl sites for hydroxylation is 1. The van der Waals surface area contributed by atoms with E-state index in [0.29, 0.717) is 5.56 Å². The summed E-state index contributed by atoms with van der Waals surface area (Å²) in [6.45, 7) is 4.87. The summed E-state index contributed by atoms with van der Waals surface area (Å²) in [5.41, 5.74) is 2.52. The Bertz CT molecular complexity index is 569. The van der Waals surface area contributed by atoms with Gasteiger partial charge in [-0.05, 0) is 54.0 Å². The third-order valence-corrected chi connectivity index (χ3v) is 3.58. The lowest BCUT2D eigenvalue weighted by atomic mass is 10.00. The Hall–Kier alpha value is -1.26. The highest BCUT2D eigenvalue weighted by atomic mass is 79.9. The molecule has 2 rings (SSSR count). The van der Waals surface area contributed by atoms with Crippen molar-refractivity contribution in [3.8, 4) is 0 Å². The van der Waals surface area contributed by atoms with Crippen LogP contribution in [0.3, 0.4) is 0 Å². The Morgan fingerprint density at radius 1 is 1.30 bits per heavy atom. The molecule has 0 aliphatic carbocycles. The van der Waals surface area contributed by atoms with E-state index in [9.17, 15) is 4.39 Å². The van der Waals surface area contributed by atoms with E-state index in [1.165, 1.54) is 6.07 Å². The number of nitrogens with one attached hydrogen (secondary N) is 1. The molecule has 0 aliphatic rings. The van der Waals surface area contributed by atoms with Crippen LogP contribution in [-0.4, -0.2) is 11.5 Å². The molecular weight excluding hydrogens is 319 g/mol. The number of hydrogen-bond acceptors (Lipinski definition) is 2. The van der Waals surface area contributed by atoms with Crippen LogP contribution in [0.5, 0.6) is 0 Å². The number of hydrogen-bond donors (Lipinski definition) is 1. The molecule has 1 aromatic carbocycles. The zero-order valence-electron chi connectivity index (χ0n) is 11.7. The van der Waals surface area contributed by atoms with Crippen molar-refractivity contribution in [2.24, 2.45) is 0 Å². The zero-order valence-corrected chi connectivity index (χ0v) is 13.2. The number of rotatable bonds is 5. The number of pyridine rings is 1. The Labute approximate surface area is 127 Å². The Morgan fingerprint density at radius 3 is 2.75 bits per heavy atom. The fraction of sp³-hybridized carbons (Fsp3) is 0.312. The smallest absolute Gasteiger partial charge is 0.128 e. The molecule has 0 aliphatic heterocycles. The van der Waals surface area contributed by atoms with Crippen molar-refractivity contribution in [2.45, 2.75) is 26.3 Å². The predicted octanol–water partition coefficient (Wildman–Crippen LogP) is 4.38. The molecule has 0 amide bonds. The van der Waals surface area contributed by atoms with E-state index in [1.54, 1.807) is 12.3 Å². The van der Waals surface area contributed by atoms with E-state index >= 15 is 0 Å². The minimum Gasteiger partial charge on any atom is -0.305 e. The summed E-state index contributed by atoms with van der Waals surface area (Å²) in [6, 6.07) is 8.81. The minimum atomic E-state index is -0.219. The van der Waals surface area contributed by atoms with Gasteiger partial charge in [0, 0.05) is 16.2 Å². The monoisotopic (exact) mass is 336 g/mol. The van der Waals surface area contributed by atoms with Crippen LogP contribution in [0.15, 0.2) is 41.0 Å². The third-order valence-electron chi connectivity index (χ3n) is 3.11. The topological polar surface area (TPSA) is 24.9 Å². The number of nitrogens with zero attached hydrogens (tertiary/aromatic N) is 1. The van der Waals surface area contributed by atoms with Gasteiger partial charge >= 0.3 is 0 Å². The van der Waals surface area contributed by atoms with E-state index < -0.39 is 0 Å². The second-order valence-electron chi connectivity index (χ2n) is 4.81. The quantitative estimate of drug-likeness (QED) is 0.876. The van der Waals surface area contributed by atoms with Crippen molar-refractivity contribution >= 4 is 15.9 Å². The molecule has 1 unspecified atom stereocenters. The van der Waals surface area contributed by atoms with Crippen molar-refractivity contribution < 1.29 is 4.39 Å². The van der Waals surface area contributed by atoms with Gasteiger partial charge in [0.15, 0.2) is 0 Å². The van der Waals surface area contributed by atoms with E-state index in [0.717, 1.165) is 28.7 Å². The Morgan fingerprint density at radius 2 is 2.10 bits per heavy atom. The van der Waals surface area contributed by atoms with E-state index in [4.69, 9.17) is 0 Å². The molecular formula is C16H18BrFN2. The van der Waals surface area contributed by atoms with Crippen molar-refractivity contribution in [3.05, 3.63) is 63.6 Å². The minimum absolute atomic E-state index is 0.200. The van der Waals surface area contributed by atoms with E-state index in [2.05, 4.69) is 33.2 Å². The van der Waals surface area contributed by atoms with Gasteiger partial charge in [-0.3, -0.25) is 4.98 Å². The number of aromatic nitrogens is 1. The maximum absolute atomic E-state index is 14.1. The van der Waals surface area contributed by atoms with Crippen molar-refractivity contribution in [1.82, 2.24) is 10.3 Å². The van der Waals surface area contributed by atoms with Gasteiger partial charge in [-0.1, -0.05) is 24.6 Å². The summed E-state index contributed by atoms with van der Waals surface area (Å²) in [5, 5.41) is 3.37. The molecule has 1 N–H and O–H groups in total. The van der Waals surface area contributed by atoms with Gasteiger partial charge in [0.25, 0.3) is 0 Å². The molecule has 1 atom stereocenters. The SMILES string of the molecule is CCCNC(c1ccc(Br)cn1)c1cc(C)ccc1F. The average molecular weight is 337 g/mol. The van der Waals surface area contributed by atoms with Gasteiger partial charge in [-0.25, -0.2) is 4.39 Å². The summed E-state index contributed by atoms with van der Waals surface area (Å²) in [7, 11) is 0. The summed E-state index contributed by atoms with van der Waals surface area (Å²) in [6.07, 6.45) is 2.73. The highest BCUT2D eigenvalue weighted by Gasteiger charge is 2.18. The predicted molar refractivity (Wildman–Crippen MR) is 83.2 cm³/mol. The van der Waals surface area contributed by atoms with Crippen LogP contribution < -0.4 is 5.32 Å². The normalized spacial score (nSPS) is 12.4. The zero-order chi connectivity index (χ0) is 14.5. The van der Waals surface area contributed by atoms with Crippen LogP contribution in [0.25, 0.3) is 0 Å². The van der Waals surface area contributed by atoms with Crippen molar-refractivity contribution in [3.63, 3.8) is 0 Å². The first-order valence-corrected chi connectivity index (χ1v) is 7.52. The molecule has 0 saturated carbocycles. The third kappa shape index (κ3) is 3.64. The Kier molecular flexibility index (Phi) is 5.26. The first-order valence-electron chi connectivity index (χ1n) is 6.72. The molecule has 2 nitrogen and oxygen atoms in total. The molecule has 4 heteroatoms. The first-order chi connectivity index (χ1) is 9.61. The molecule has 0 saturated heterocycles. The van der Waals surface area contributed by atoms with E-state index in [-0.39, 0.29) is 11.9 Å². The van der Waals surface area contributed by atoms with Crippen molar-refractivity contribution in [1.29, 1.82) is 0 Å². The van der Waals surface area contributed by atoms with Crippen LogP contribution in [0.2, 0.25) is 0 Å². The maximum Gasteiger partial charge on any atom is 0.128 e. The molecule has 0 fully saturated rings. The molecule has 0 bridgehead atoms. The fourth-order valence-corrected chi connectivity index (χ4v) is 2.34. The molecule has 0 spiro atoms. The first kappa shape index (κ1) is 15.1. The van der Waals surface area contributed by atoms with Gasteiger partial charge in [0.05, 0.1) is 11.7 Å². The lowest BCUT2D eigenvalue weighted by Gasteiger charge is -2.19. The van der Waals surface area contributed by atoms with Crippen molar-refractivity contribution in [2.75, 3.05) is 6.54 Å². The highest BCUT2D eigenvalue weighted by molar-refractivity contribution is 9.10. The van der Waals surface area contributed by atoms with Crippen LogP contribution >= 0.6 is 15.9 Å². The lowest BCUT2D eigenvalue weighted by Crippen LogP contribution is -2.25. The van der Waals surface area contributed by atoms with Gasteiger partial charge < -0.3 is 5.32 Å². The summed E-state index contributed by atoms with van der Waals surface area (Å²) in [4.78, 5) is 4.40. The standard InChI is InChI=1S/C16H18BrFN2/c1-3-8-19-16(15-7-5-12(17)10-20-15)13-9-11(2)4-6-14(13)18/h4-7,9-10,16,19H,3,8H2,1-2H3. The summed E-state index contributed by atoms with van der Waals surface area (Å²) in [5.74, 6) is -0.200. The largest absolute Gasteiger partial charge is 0.305 e. The second-order valence-corrected chi connectivity index (χ2v) is 5.73. The van der Waals surface area contributed by atoms with Gasteiger partial charge in [0.1, 0.15) is 5.82 Å². The number of halogens is 2. The average Bonchev–Trinajstić information content (AvgIpc) is 2.44. The number of benzene rings is 1. The Balaban J connectivity index is 2.41.